The quantitative estimate of drug-likeness (QED) is 0.196. The minimum absolute atomic E-state index is 0.0654. The van der Waals surface area contributed by atoms with E-state index < -0.39 is 5.60 Å². The normalized spacial score (nSPS) is 20.9. The molecule has 0 amide bonds. The lowest BCUT2D eigenvalue weighted by atomic mass is 9.91. The van der Waals surface area contributed by atoms with Crippen LogP contribution in [0.5, 0.6) is 11.8 Å². The van der Waals surface area contributed by atoms with Gasteiger partial charge in [0.15, 0.2) is 0 Å². The van der Waals surface area contributed by atoms with Gasteiger partial charge in [0.2, 0.25) is 0 Å². The molecule has 1 saturated carbocycles. The van der Waals surface area contributed by atoms with Crippen LogP contribution in [0.1, 0.15) is 46.1 Å². The molecule has 4 aromatic rings. The molecule has 3 aliphatic rings. The molecule has 1 atom stereocenters. The third kappa shape index (κ3) is 6.09. The Morgan fingerprint density at radius 1 is 1.21 bits per heavy atom. The molecule has 1 aromatic heterocycles. The van der Waals surface area contributed by atoms with Crippen molar-refractivity contribution < 1.29 is 24.1 Å². The van der Waals surface area contributed by atoms with Crippen LogP contribution in [0.2, 0.25) is 0 Å². The van der Waals surface area contributed by atoms with Gasteiger partial charge in [-0.15, -0.1) is 0 Å². The van der Waals surface area contributed by atoms with Gasteiger partial charge < -0.3 is 34.8 Å². The van der Waals surface area contributed by atoms with Crippen molar-refractivity contribution in [2.45, 2.75) is 58.3 Å². The molecule has 9 nitrogen and oxygen atoms in total. The average molecular weight is 674 g/mol. The zero-order chi connectivity index (χ0) is 34.0. The number of β-amino-alcohol motifs (C(OH)–C–C–N with tert-alkyl or cyclic N) is 1. The van der Waals surface area contributed by atoms with Crippen molar-refractivity contribution >= 4 is 47.5 Å². The number of phenolic OH excluding ortho intramolecular Hbond substituents is 1. The molecule has 1 aliphatic carbocycles. The number of ether oxygens (including phenoxy) is 2. The second kappa shape index (κ2) is 12.4. The molecule has 0 bridgehead atoms. The lowest BCUT2D eigenvalue weighted by molar-refractivity contribution is -0.0123. The molecule has 48 heavy (non-hydrogen) atoms. The molecule has 3 aromatic carbocycles. The van der Waals surface area contributed by atoms with E-state index in [1.165, 1.54) is 6.07 Å². The summed E-state index contributed by atoms with van der Waals surface area (Å²) in [5, 5.41) is 29.3. The van der Waals surface area contributed by atoms with Gasteiger partial charge in [-0.3, -0.25) is 0 Å². The number of hydrogen-bond acceptors (Lipinski definition) is 9. The zero-order valence-corrected chi connectivity index (χ0v) is 29.5. The van der Waals surface area contributed by atoms with E-state index in [2.05, 4.69) is 49.1 Å². The highest BCUT2D eigenvalue weighted by atomic mass is 31.1. The first-order valence-corrected chi connectivity index (χ1v) is 17.9. The number of fused-ring (bicyclic) bond motifs is 4. The number of hydrogen-bond donors (Lipinski definition) is 3. The molecular weight excluding hydrogens is 628 g/mol. The van der Waals surface area contributed by atoms with Gasteiger partial charge in [0, 0.05) is 52.0 Å². The maximum atomic E-state index is 15.6. The predicted octanol–water partition coefficient (Wildman–Crippen LogP) is 5.93. The van der Waals surface area contributed by atoms with Crippen molar-refractivity contribution in [3.63, 3.8) is 0 Å². The second-order valence-electron chi connectivity index (χ2n) is 14.6. The van der Waals surface area contributed by atoms with Crippen molar-refractivity contribution in [3.8, 4) is 22.9 Å². The minimum Gasteiger partial charge on any atom is -0.508 e. The van der Waals surface area contributed by atoms with Crippen LogP contribution in [-0.4, -0.2) is 90.3 Å². The van der Waals surface area contributed by atoms with Gasteiger partial charge in [0.25, 0.3) is 0 Å². The first kappa shape index (κ1) is 33.0. The third-order valence-corrected chi connectivity index (χ3v) is 10.8. The molecule has 3 heterocycles. The molecule has 2 aliphatic heterocycles. The molecule has 1 unspecified atom stereocenters. The smallest absolute Gasteiger partial charge is 0.319 e. The van der Waals surface area contributed by atoms with Crippen molar-refractivity contribution in [1.82, 2.24) is 14.9 Å². The Bertz CT molecular complexity index is 2050. The summed E-state index contributed by atoms with van der Waals surface area (Å²) in [6.45, 7) is 10.9. The lowest BCUT2D eigenvalue weighted by Gasteiger charge is -2.30. The van der Waals surface area contributed by atoms with E-state index in [1.54, 1.807) is 25.1 Å². The highest BCUT2D eigenvalue weighted by molar-refractivity contribution is 7.29. The fraction of sp³-hybridized carbons (Fsp3) is 0.486. The van der Waals surface area contributed by atoms with E-state index >= 15 is 4.39 Å². The third-order valence-electron chi connectivity index (χ3n) is 9.52. The molecule has 254 valence electrons. The highest BCUT2D eigenvalue weighted by Gasteiger charge is 2.44. The van der Waals surface area contributed by atoms with Crippen LogP contribution in [0.3, 0.4) is 0 Å². The van der Waals surface area contributed by atoms with Gasteiger partial charge in [-0.05, 0) is 89.2 Å². The molecule has 11 heteroatoms. The second-order valence-corrected chi connectivity index (χ2v) is 15.7. The number of aromatic nitrogens is 2. The maximum absolute atomic E-state index is 15.6. The van der Waals surface area contributed by atoms with Crippen LogP contribution in [0.25, 0.3) is 38.9 Å². The van der Waals surface area contributed by atoms with Crippen molar-refractivity contribution in [1.29, 1.82) is 0 Å². The summed E-state index contributed by atoms with van der Waals surface area (Å²) >= 11 is 0. The number of nitrogens with zero attached hydrogens (tertiary/aromatic N) is 4. The Morgan fingerprint density at radius 3 is 2.71 bits per heavy atom. The summed E-state index contributed by atoms with van der Waals surface area (Å²) in [4.78, 5) is 15.5. The Hall–Kier alpha value is -3.56. The fourth-order valence-corrected chi connectivity index (χ4v) is 8.72. The Labute approximate surface area is 282 Å². The molecule has 0 spiro atoms. The van der Waals surface area contributed by atoms with E-state index in [0.29, 0.717) is 43.8 Å². The average Bonchev–Trinajstić information content (AvgIpc) is 3.83. The summed E-state index contributed by atoms with van der Waals surface area (Å²) in [6, 6.07) is 7.03. The van der Waals surface area contributed by atoms with Gasteiger partial charge in [-0.1, -0.05) is 20.3 Å². The number of halogens is 1. The summed E-state index contributed by atoms with van der Waals surface area (Å²) in [7, 11) is 5.02. The van der Waals surface area contributed by atoms with Crippen molar-refractivity contribution in [2.24, 2.45) is 5.41 Å². The van der Waals surface area contributed by atoms with Crippen LogP contribution < -0.4 is 20.2 Å². The Kier molecular flexibility index (Phi) is 8.51. The number of aliphatic hydroxyl groups is 1. The zero-order valence-electron chi connectivity index (χ0n) is 28.7. The van der Waals surface area contributed by atoms with Gasteiger partial charge >= 0.3 is 6.01 Å². The first-order valence-electron chi connectivity index (χ1n) is 16.8. The van der Waals surface area contributed by atoms with Crippen molar-refractivity contribution in [2.75, 3.05) is 63.8 Å². The molecule has 1 saturated heterocycles. The van der Waals surface area contributed by atoms with E-state index in [-0.39, 0.29) is 35.6 Å². The number of benzene rings is 3. The van der Waals surface area contributed by atoms with Crippen LogP contribution >= 0.6 is 8.20 Å². The predicted molar refractivity (Wildman–Crippen MR) is 191 cm³/mol. The van der Waals surface area contributed by atoms with Crippen LogP contribution in [-0.2, 0) is 10.9 Å². The van der Waals surface area contributed by atoms with Gasteiger partial charge in [0.1, 0.15) is 23.0 Å². The van der Waals surface area contributed by atoms with Crippen LogP contribution in [0.15, 0.2) is 24.3 Å². The van der Waals surface area contributed by atoms with Crippen LogP contribution in [0.4, 0.5) is 15.9 Å². The summed E-state index contributed by atoms with van der Waals surface area (Å²) in [5.74, 6) is 0.526. The first-order chi connectivity index (χ1) is 22.9. The van der Waals surface area contributed by atoms with Crippen molar-refractivity contribution in [3.05, 3.63) is 45.8 Å². The van der Waals surface area contributed by atoms with E-state index in [0.717, 1.165) is 76.2 Å². The van der Waals surface area contributed by atoms with Gasteiger partial charge in [-0.2, -0.15) is 9.97 Å². The Morgan fingerprint density at radius 2 is 2.00 bits per heavy atom. The lowest BCUT2D eigenvalue weighted by Crippen LogP contribution is -2.42. The van der Waals surface area contributed by atoms with E-state index in [4.69, 9.17) is 19.4 Å². The number of anilines is 2. The number of phenols is 1. The van der Waals surface area contributed by atoms with Gasteiger partial charge in [0.05, 0.1) is 43.0 Å². The van der Waals surface area contributed by atoms with E-state index in [1.807, 2.05) is 6.92 Å². The minimum atomic E-state index is -1.09. The largest absolute Gasteiger partial charge is 0.508 e. The van der Waals surface area contributed by atoms with Gasteiger partial charge in [-0.25, -0.2) is 4.39 Å². The molecular formula is C37H45FN5O4P. The molecule has 7 rings (SSSR count). The van der Waals surface area contributed by atoms with Crippen LogP contribution in [0, 0.1) is 16.2 Å². The number of rotatable bonds is 8. The molecule has 0 radical (unpaired) electrons. The highest BCUT2D eigenvalue weighted by Crippen LogP contribution is 2.48. The fourth-order valence-electron chi connectivity index (χ4n) is 7.39. The SMILES string of the molecule is C/C=c1\c(NC(C)C)c2c(c3nc(OCC4(CN(C)C)CC4)nc(N4CCOCC(C)(O)C4)c13)=PCc1c(F)ccc3cc(O)cc-2c13. The summed E-state index contributed by atoms with van der Waals surface area (Å²) < 4.78 is 27.9. The molecule has 3 N–H and O–H groups in total. The van der Waals surface area contributed by atoms with E-state index in [9.17, 15) is 10.2 Å². The number of aromatic hydroxyl groups is 1. The monoisotopic (exact) mass is 673 g/mol. The maximum Gasteiger partial charge on any atom is 0.319 e. The topological polar surface area (TPSA) is 103 Å². The molecule has 2 fully saturated rings. The summed E-state index contributed by atoms with van der Waals surface area (Å²) in [5.41, 5.74) is 2.86. The standard InChI is InChI=1S/C37H45FN5O4P/c1-7-24-30-32(33-29(31(24)39-21(2)3)25-15-23(44)14-22-8-9-27(38)26(16-48-33)28(22)25)40-35(47-20-37(10-11-37)18-42(5)6)41-34(30)43-12-13-46-19-36(4,45)17-43/h7-9,14-15,21,39,44-45H,10-13,16-20H2,1-6H3/b24-7-. The summed E-state index contributed by atoms with van der Waals surface area (Å²) in [6.07, 6.45) is 4.68. The Balaban J connectivity index is 1.57. The number of nitrogens with one attached hydrogen (secondary N) is 1.